The lowest BCUT2D eigenvalue weighted by Gasteiger charge is -2.42. The second-order valence-electron chi connectivity index (χ2n) is 9.72. The fraction of sp³-hybridized carbons (Fsp3) is 0.444. The van der Waals surface area contributed by atoms with Crippen LogP contribution in [0.25, 0.3) is 17.2 Å². The van der Waals surface area contributed by atoms with Gasteiger partial charge in [0.15, 0.2) is 0 Å². The highest BCUT2D eigenvalue weighted by atomic mass is 16.5. The van der Waals surface area contributed by atoms with Crippen LogP contribution in [0.4, 0.5) is 0 Å². The van der Waals surface area contributed by atoms with Crippen LogP contribution in [0.5, 0.6) is 11.5 Å². The van der Waals surface area contributed by atoms with E-state index >= 15 is 0 Å². The van der Waals surface area contributed by atoms with E-state index in [-0.39, 0.29) is 17.4 Å². The highest BCUT2D eigenvalue weighted by Crippen LogP contribution is 2.50. The summed E-state index contributed by atoms with van der Waals surface area (Å²) in [7, 11) is 1.63. The van der Waals surface area contributed by atoms with E-state index in [1.54, 1.807) is 13.2 Å². The number of aliphatic carboxylic acids is 1. The van der Waals surface area contributed by atoms with Crippen molar-refractivity contribution in [3.63, 3.8) is 0 Å². The van der Waals surface area contributed by atoms with Crippen molar-refractivity contribution in [1.82, 2.24) is 0 Å². The van der Waals surface area contributed by atoms with Crippen molar-refractivity contribution in [2.45, 2.75) is 57.8 Å². The monoisotopic (exact) mass is 438 g/mol. The summed E-state index contributed by atoms with van der Waals surface area (Å²) < 4.78 is 11.8. The molecule has 0 heterocycles. The van der Waals surface area contributed by atoms with E-state index in [2.05, 4.69) is 39.8 Å². The number of benzene rings is 2. The van der Waals surface area contributed by atoms with E-state index in [1.807, 2.05) is 18.2 Å². The maximum atomic E-state index is 11.0. The Morgan fingerprint density at radius 2 is 1.62 bits per heavy atom. The minimum absolute atomic E-state index is 0.0251. The van der Waals surface area contributed by atoms with E-state index in [4.69, 9.17) is 14.6 Å². The molecular formula is C27H34O5. The smallest absolute Gasteiger partial charge is 0.328 e. The number of fused-ring (bicyclic) bond motifs is 1. The van der Waals surface area contributed by atoms with Crippen LogP contribution in [-0.4, -0.2) is 36.5 Å². The summed E-state index contributed by atoms with van der Waals surface area (Å²) in [5, 5.41) is 18.3. The molecule has 2 N–H and O–H groups in total. The Bertz CT molecular complexity index is 1020. The molecular weight excluding hydrogens is 404 g/mol. The van der Waals surface area contributed by atoms with Crippen LogP contribution in [0.2, 0.25) is 0 Å². The molecule has 0 saturated carbocycles. The SMILES string of the molecule is COc1ccc(C=CC(=O)O)cc1-c1cc2c(cc1OCCCO)C(C)(C)CCC2(C)C. The Balaban J connectivity index is 2.24. The number of hydrogen-bond acceptors (Lipinski definition) is 4. The van der Waals surface area contributed by atoms with Gasteiger partial charge in [0.2, 0.25) is 0 Å². The molecule has 0 aliphatic heterocycles. The molecule has 0 bridgehead atoms. The van der Waals surface area contributed by atoms with Gasteiger partial charge in [-0.3, -0.25) is 0 Å². The van der Waals surface area contributed by atoms with Crippen LogP contribution < -0.4 is 9.47 Å². The molecule has 0 spiro atoms. The number of carbonyl (C=O) groups is 1. The van der Waals surface area contributed by atoms with Gasteiger partial charge in [-0.25, -0.2) is 4.79 Å². The second kappa shape index (κ2) is 9.37. The maximum absolute atomic E-state index is 11.0. The van der Waals surface area contributed by atoms with Crippen molar-refractivity contribution in [2.75, 3.05) is 20.3 Å². The molecule has 1 aliphatic rings. The molecule has 5 nitrogen and oxygen atoms in total. The molecule has 0 radical (unpaired) electrons. The Labute approximate surface area is 190 Å². The predicted molar refractivity (Wildman–Crippen MR) is 128 cm³/mol. The Kier molecular flexibility index (Phi) is 6.99. The number of carboxylic acid groups (broad SMARTS) is 1. The molecule has 0 saturated heterocycles. The molecule has 2 aromatic carbocycles. The summed E-state index contributed by atoms with van der Waals surface area (Å²) in [4.78, 5) is 11.0. The first kappa shape index (κ1) is 23.9. The van der Waals surface area contributed by atoms with Gasteiger partial charge in [0.1, 0.15) is 11.5 Å². The number of aliphatic hydroxyl groups excluding tert-OH is 1. The van der Waals surface area contributed by atoms with Crippen LogP contribution in [0.3, 0.4) is 0 Å². The first-order chi connectivity index (χ1) is 15.1. The van der Waals surface area contributed by atoms with Gasteiger partial charge in [-0.2, -0.15) is 0 Å². The third-order valence-electron chi connectivity index (χ3n) is 6.45. The molecule has 0 aromatic heterocycles. The first-order valence-corrected chi connectivity index (χ1v) is 11.1. The van der Waals surface area contributed by atoms with Crippen LogP contribution in [0, 0.1) is 0 Å². The average molecular weight is 439 g/mol. The zero-order valence-electron chi connectivity index (χ0n) is 19.7. The number of hydrogen-bond donors (Lipinski definition) is 2. The highest BCUT2D eigenvalue weighted by Gasteiger charge is 2.38. The molecule has 0 atom stereocenters. The van der Waals surface area contributed by atoms with Gasteiger partial charge in [0.05, 0.1) is 13.7 Å². The zero-order chi connectivity index (χ0) is 23.5. The molecule has 1 aliphatic carbocycles. The number of methoxy groups -OCH3 is 1. The van der Waals surface area contributed by atoms with Crippen LogP contribution in [0.15, 0.2) is 36.4 Å². The fourth-order valence-corrected chi connectivity index (χ4v) is 4.38. The Hall–Kier alpha value is -2.79. The van der Waals surface area contributed by atoms with Crippen LogP contribution >= 0.6 is 0 Å². The van der Waals surface area contributed by atoms with E-state index in [9.17, 15) is 9.90 Å². The van der Waals surface area contributed by atoms with Crippen molar-refractivity contribution < 1.29 is 24.5 Å². The molecule has 5 heteroatoms. The molecule has 0 unspecified atom stereocenters. The third kappa shape index (κ3) is 4.99. The van der Waals surface area contributed by atoms with Crippen molar-refractivity contribution >= 4 is 12.0 Å². The first-order valence-electron chi connectivity index (χ1n) is 11.1. The fourth-order valence-electron chi connectivity index (χ4n) is 4.38. The Morgan fingerprint density at radius 3 is 2.22 bits per heavy atom. The van der Waals surface area contributed by atoms with Crippen molar-refractivity contribution in [3.05, 3.63) is 53.1 Å². The minimum atomic E-state index is -0.992. The van der Waals surface area contributed by atoms with Gasteiger partial charge < -0.3 is 19.7 Å². The second-order valence-corrected chi connectivity index (χ2v) is 9.72. The number of rotatable bonds is 8. The average Bonchev–Trinajstić information content (AvgIpc) is 2.75. The molecule has 2 aromatic rings. The summed E-state index contributed by atoms with van der Waals surface area (Å²) in [6.07, 6.45) is 5.44. The lowest BCUT2D eigenvalue weighted by molar-refractivity contribution is -0.131. The van der Waals surface area contributed by atoms with Crippen LogP contribution in [0.1, 0.15) is 63.6 Å². The van der Waals surface area contributed by atoms with Gasteiger partial charge in [0.25, 0.3) is 0 Å². The molecule has 0 amide bonds. The molecule has 32 heavy (non-hydrogen) atoms. The van der Waals surface area contributed by atoms with Gasteiger partial charge >= 0.3 is 5.97 Å². The van der Waals surface area contributed by atoms with Gasteiger partial charge in [-0.15, -0.1) is 0 Å². The molecule has 0 fully saturated rings. The summed E-state index contributed by atoms with van der Waals surface area (Å²) in [6, 6.07) is 9.98. The molecule has 3 rings (SSSR count). The summed E-state index contributed by atoms with van der Waals surface area (Å²) in [6.45, 7) is 9.58. The summed E-state index contributed by atoms with van der Waals surface area (Å²) in [5.41, 5.74) is 5.17. The normalized spacial score (nSPS) is 16.6. The minimum Gasteiger partial charge on any atom is -0.496 e. The lowest BCUT2D eigenvalue weighted by atomic mass is 9.62. The lowest BCUT2D eigenvalue weighted by Crippen LogP contribution is -2.34. The maximum Gasteiger partial charge on any atom is 0.328 e. The quantitative estimate of drug-likeness (QED) is 0.416. The molecule has 172 valence electrons. The number of aliphatic hydroxyl groups is 1. The van der Waals surface area contributed by atoms with Gasteiger partial charge in [-0.1, -0.05) is 33.8 Å². The summed E-state index contributed by atoms with van der Waals surface area (Å²) in [5.74, 6) is 0.450. The van der Waals surface area contributed by atoms with E-state index in [1.165, 1.54) is 11.1 Å². The zero-order valence-corrected chi connectivity index (χ0v) is 19.7. The Morgan fingerprint density at radius 1 is 1.00 bits per heavy atom. The third-order valence-corrected chi connectivity index (χ3v) is 6.45. The van der Waals surface area contributed by atoms with Crippen molar-refractivity contribution in [2.24, 2.45) is 0 Å². The number of carboxylic acids is 1. The van der Waals surface area contributed by atoms with Crippen molar-refractivity contribution in [1.29, 1.82) is 0 Å². The van der Waals surface area contributed by atoms with Gasteiger partial charge in [0, 0.05) is 30.2 Å². The van der Waals surface area contributed by atoms with E-state index in [0.29, 0.717) is 18.8 Å². The van der Waals surface area contributed by atoms with E-state index < -0.39 is 5.97 Å². The summed E-state index contributed by atoms with van der Waals surface area (Å²) >= 11 is 0. The topological polar surface area (TPSA) is 76.0 Å². The van der Waals surface area contributed by atoms with Gasteiger partial charge in [-0.05, 0) is 70.7 Å². The highest BCUT2D eigenvalue weighted by molar-refractivity contribution is 5.86. The standard InChI is InChI=1S/C27H34O5/c1-26(2)11-12-27(3,4)22-17-24(32-14-6-13-28)20(16-21(22)26)19-15-18(8-10-25(29)30)7-9-23(19)31-5/h7-10,15-17,28H,6,11-14H2,1-5H3,(H,29,30). The van der Waals surface area contributed by atoms with Crippen LogP contribution in [-0.2, 0) is 15.6 Å². The largest absolute Gasteiger partial charge is 0.496 e. The predicted octanol–water partition coefficient (Wildman–Crippen LogP) is 5.57. The van der Waals surface area contributed by atoms with Crippen molar-refractivity contribution in [3.8, 4) is 22.6 Å². The van der Waals surface area contributed by atoms with E-state index in [0.717, 1.165) is 41.4 Å². The number of ether oxygens (including phenoxy) is 2.